The van der Waals surface area contributed by atoms with Crippen molar-refractivity contribution in [3.05, 3.63) is 34.4 Å². The Morgan fingerprint density at radius 3 is 1.29 bits per heavy atom. The number of phenols is 2. The number of aromatic hydroxyl groups is 2. The monoisotopic (exact) mass is 390 g/mol. The highest BCUT2D eigenvalue weighted by Crippen LogP contribution is 2.47. The van der Waals surface area contributed by atoms with Gasteiger partial charge in [0, 0.05) is 23.3 Å². The van der Waals surface area contributed by atoms with Crippen LogP contribution in [0.2, 0.25) is 0 Å². The van der Waals surface area contributed by atoms with Gasteiger partial charge in [0.05, 0.1) is 28.4 Å². The van der Waals surface area contributed by atoms with Crippen LogP contribution < -0.4 is 9.47 Å². The minimum atomic E-state index is -0.734. The normalized spacial score (nSPS) is 10.4. The maximum Gasteiger partial charge on any atom is 0.341 e. The Bertz CT molecular complexity index is 869. The summed E-state index contributed by atoms with van der Waals surface area (Å²) in [6.45, 7) is 3.21. The number of hydrogen-bond donors (Lipinski definition) is 2. The Labute approximate surface area is 162 Å². The Morgan fingerprint density at radius 1 is 0.714 bits per heavy atom. The molecule has 0 saturated carbocycles. The second kappa shape index (κ2) is 8.08. The van der Waals surface area contributed by atoms with Crippen molar-refractivity contribution in [2.75, 3.05) is 28.4 Å². The molecule has 0 atom stereocenters. The predicted octanol–water partition coefficient (Wildman–Crippen LogP) is 2.97. The molecule has 2 aromatic rings. The van der Waals surface area contributed by atoms with Crippen molar-refractivity contribution in [1.82, 2.24) is 0 Å². The fourth-order valence-corrected chi connectivity index (χ4v) is 3.20. The van der Waals surface area contributed by atoms with E-state index in [0.717, 1.165) is 0 Å². The first-order chi connectivity index (χ1) is 13.2. The summed E-state index contributed by atoms with van der Waals surface area (Å²) in [4.78, 5) is 24.4. The lowest BCUT2D eigenvalue weighted by molar-refractivity contribution is 0.0586. The first-order valence-corrected chi connectivity index (χ1v) is 8.21. The van der Waals surface area contributed by atoms with Gasteiger partial charge >= 0.3 is 11.9 Å². The third-order valence-electron chi connectivity index (χ3n) is 4.51. The number of carbonyl (C=O) groups is 2. The lowest BCUT2D eigenvalue weighted by Gasteiger charge is -2.21. The van der Waals surface area contributed by atoms with Crippen LogP contribution in [0, 0.1) is 13.8 Å². The molecule has 0 fully saturated rings. The SMILES string of the molecule is COC(=O)c1c(O)cc(OC)c(-c2c(OC)cc(O)c(C(=O)OC)c2C)c1C. The van der Waals surface area contributed by atoms with E-state index in [1.54, 1.807) is 13.8 Å². The molecule has 0 aliphatic carbocycles. The molecule has 2 N–H and O–H groups in total. The van der Waals surface area contributed by atoms with Gasteiger partial charge in [-0.05, 0) is 25.0 Å². The van der Waals surface area contributed by atoms with E-state index in [1.807, 2.05) is 0 Å². The highest BCUT2D eigenvalue weighted by atomic mass is 16.5. The van der Waals surface area contributed by atoms with Crippen molar-refractivity contribution in [3.8, 4) is 34.1 Å². The van der Waals surface area contributed by atoms with Gasteiger partial charge in [0.1, 0.15) is 34.1 Å². The van der Waals surface area contributed by atoms with Gasteiger partial charge in [0.2, 0.25) is 0 Å². The summed E-state index contributed by atoms with van der Waals surface area (Å²) >= 11 is 0. The zero-order valence-electron chi connectivity index (χ0n) is 16.5. The molecule has 0 heterocycles. The van der Waals surface area contributed by atoms with Crippen LogP contribution in [0.15, 0.2) is 12.1 Å². The first-order valence-electron chi connectivity index (χ1n) is 8.21. The van der Waals surface area contributed by atoms with Gasteiger partial charge < -0.3 is 29.2 Å². The summed E-state index contributed by atoms with van der Waals surface area (Å²) in [5.41, 5.74) is 1.42. The minimum absolute atomic E-state index is 0.0487. The number of phenolic OH excluding ortho intramolecular Hbond substituents is 2. The number of esters is 2. The Morgan fingerprint density at radius 2 is 1.04 bits per heavy atom. The number of benzene rings is 2. The molecule has 0 bridgehead atoms. The maximum atomic E-state index is 12.2. The van der Waals surface area contributed by atoms with E-state index in [1.165, 1.54) is 40.6 Å². The van der Waals surface area contributed by atoms with Crippen LogP contribution in [0.1, 0.15) is 31.8 Å². The molecule has 150 valence electrons. The van der Waals surface area contributed by atoms with E-state index < -0.39 is 11.9 Å². The van der Waals surface area contributed by atoms with E-state index in [2.05, 4.69) is 0 Å². The summed E-state index contributed by atoms with van der Waals surface area (Å²) in [7, 11) is 5.21. The smallest absolute Gasteiger partial charge is 0.341 e. The van der Waals surface area contributed by atoms with Crippen molar-refractivity contribution in [3.63, 3.8) is 0 Å². The lowest BCUT2D eigenvalue weighted by atomic mass is 9.89. The van der Waals surface area contributed by atoms with Crippen LogP contribution in [0.5, 0.6) is 23.0 Å². The molecular weight excluding hydrogens is 368 g/mol. The summed E-state index contributed by atoms with van der Waals surface area (Å²) in [6, 6.07) is 2.55. The molecular formula is C20H22O8. The first kappa shape index (κ1) is 20.9. The number of methoxy groups -OCH3 is 4. The topological polar surface area (TPSA) is 112 Å². The molecule has 0 saturated heterocycles. The van der Waals surface area contributed by atoms with E-state index in [4.69, 9.17) is 18.9 Å². The molecule has 0 amide bonds. The standard InChI is InChI=1S/C20H22O8/c1-9-15(19(23)27-5)11(21)7-13(25-3)17(9)18-10(2)16(20(24)28-6)12(22)8-14(18)26-4/h7-8,21-22H,1-6H3. The summed E-state index contributed by atoms with van der Waals surface area (Å²) in [6.07, 6.45) is 0. The van der Waals surface area contributed by atoms with Crippen LogP contribution in [-0.4, -0.2) is 50.6 Å². The zero-order chi connectivity index (χ0) is 21.2. The highest BCUT2D eigenvalue weighted by Gasteiger charge is 2.28. The zero-order valence-corrected chi connectivity index (χ0v) is 16.5. The van der Waals surface area contributed by atoms with Gasteiger partial charge in [-0.15, -0.1) is 0 Å². The summed E-state index contributed by atoms with van der Waals surface area (Å²) in [5, 5.41) is 20.5. The number of hydrogen-bond acceptors (Lipinski definition) is 8. The van der Waals surface area contributed by atoms with E-state index in [9.17, 15) is 19.8 Å². The fourth-order valence-electron chi connectivity index (χ4n) is 3.20. The Hall–Kier alpha value is -3.42. The van der Waals surface area contributed by atoms with Crippen molar-refractivity contribution in [2.24, 2.45) is 0 Å². The molecule has 0 unspecified atom stereocenters. The van der Waals surface area contributed by atoms with Crippen molar-refractivity contribution in [2.45, 2.75) is 13.8 Å². The Balaban J connectivity index is 3.02. The third kappa shape index (κ3) is 3.28. The quantitative estimate of drug-likeness (QED) is 0.750. The van der Waals surface area contributed by atoms with Crippen LogP contribution in [0.4, 0.5) is 0 Å². The third-order valence-corrected chi connectivity index (χ3v) is 4.51. The molecule has 8 nitrogen and oxygen atoms in total. The van der Waals surface area contributed by atoms with Gasteiger partial charge in [-0.1, -0.05) is 0 Å². The van der Waals surface area contributed by atoms with Crippen LogP contribution in [0.3, 0.4) is 0 Å². The Kier molecular flexibility index (Phi) is 6.03. The van der Waals surface area contributed by atoms with Crippen LogP contribution in [0.25, 0.3) is 11.1 Å². The van der Waals surface area contributed by atoms with Gasteiger partial charge in [-0.25, -0.2) is 9.59 Å². The van der Waals surface area contributed by atoms with Crippen LogP contribution in [-0.2, 0) is 9.47 Å². The van der Waals surface area contributed by atoms with Gasteiger partial charge in [0.25, 0.3) is 0 Å². The molecule has 28 heavy (non-hydrogen) atoms. The molecule has 0 aliphatic heterocycles. The fraction of sp³-hybridized carbons (Fsp3) is 0.300. The number of carbonyl (C=O) groups excluding carboxylic acids is 2. The van der Waals surface area contributed by atoms with Crippen molar-refractivity contribution in [1.29, 1.82) is 0 Å². The number of rotatable bonds is 5. The molecule has 2 aromatic carbocycles. The van der Waals surface area contributed by atoms with E-state index >= 15 is 0 Å². The van der Waals surface area contributed by atoms with Gasteiger partial charge in [-0.2, -0.15) is 0 Å². The molecule has 8 heteroatoms. The van der Waals surface area contributed by atoms with Gasteiger partial charge in [0.15, 0.2) is 0 Å². The van der Waals surface area contributed by atoms with Crippen molar-refractivity contribution >= 4 is 11.9 Å². The maximum absolute atomic E-state index is 12.2. The number of ether oxygens (including phenoxy) is 4. The second-order valence-electron chi connectivity index (χ2n) is 5.93. The molecule has 0 aromatic heterocycles. The predicted molar refractivity (Wildman–Crippen MR) is 100 cm³/mol. The highest BCUT2D eigenvalue weighted by molar-refractivity contribution is 6.01. The molecule has 0 radical (unpaired) electrons. The average molecular weight is 390 g/mol. The second-order valence-corrected chi connectivity index (χ2v) is 5.93. The molecule has 0 spiro atoms. The summed E-state index contributed by atoms with van der Waals surface area (Å²) in [5.74, 6) is -1.61. The van der Waals surface area contributed by atoms with E-state index in [0.29, 0.717) is 22.3 Å². The minimum Gasteiger partial charge on any atom is -0.507 e. The lowest BCUT2D eigenvalue weighted by Crippen LogP contribution is -2.10. The van der Waals surface area contributed by atoms with Gasteiger partial charge in [-0.3, -0.25) is 0 Å². The summed E-state index contributed by atoms with van der Waals surface area (Å²) < 4.78 is 20.3. The van der Waals surface area contributed by atoms with Crippen molar-refractivity contribution < 1.29 is 38.7 Å². The molecule has 2 rings (SSSR count). The van der Waals surface area contributed by atoms with Crippen LogP contribution >= 0.6 is 0 Å². The largest absolute Gasteiger partial charge is 0.507 e. The average Bonchev–Trinajstić information content (AvgIpc) is 2.67. The van der Waals surface area contributed by atoms with E-state index in [-0.39, 0.29) is 34.1 Å². The molecule has 0 aliphatic rings.